The van der Waals surface area contributed by atoms with Gasteiger partial charge in [0.05, 0.1) is 19.1 Å². The van der Waals surface area contributed by atoms with Gasteiger partial charge in [-0.05, 0) is 55.5 Å². The minimum Gasteiger partial charge on any atom is -0.497 e. The molecule has 1 amide bonds. The predicted molar refractivity (Wildman–Crippen MR) is 115 cm³/mol. The van der Waals surface area contributed by atoms with E-state index in [1.807, 2.05) is 0 Å². The Labute approximate surface area is 171 Å². The highest BCUT2D eigenvalue weighted by molar-refractivity contribution is 7.99. The Morgan fingerprint density at radius 2 is 1.75 bits per heavy atom. The Hall–Kier alpha value is -2.19. The lowest BCUT2D eigenvalue weighted by Gasteiger charge is -2.22. The quantitative estimate of drug-likeness (QED) is 0.470. The predicted octanol–water partition coefficient (Wildman–Crippen LogP) is 3.07. The molecule has 0 unspecified atom stereocenters. The average molecular weight is 423 g/mol. The summed E-state index contributed by atoms with van der Waals surface area (Å²) >= 11 is 1.73. The molecular weight excluding hydrogens is 396 g/mol. The monoisotopic (exact) mass is 422 g/mol. The van der Waals surface area contributed by atoms with Crippen LogP contribution >= 0.6 is 11.8 Å². The molecule has 0 bridgehead atoms. The SMILES string of the molecule is COc1ccc(N(CC(=O)NCCCSc2ccc(C)cc2)S(C)(=O)=O)cc1. The lowest BCUT2D eigenvalue weighted by atomic mass is 10.2. The van der Waals surface area contributed by atoms with Crippen LogP contribution in [-0.2, 0) is 14.8 Å². The number of nitrogens with one attached hydrogen (secondary N) is 1. The van der Waals surface area contributed by atoms with Crippen LogP contribution in [0.5, 0.6) is 5.75 Å². The van der Waals surface area contributed by atoms with Crippen LogP contribution in [-0.4, -0.2) is 46.5 Å². The highest BCUT2D eigenvalue weighted by Gasteiger charge is 2.20. The van der Waals surface area contributed by atoms with Crippen LogP contribution in [0.25, 0.3) is 0 Å². The van der Waals surface area contributed by atoms with Gasteiger partial charge in [-0.3, -0.25) is 9.10 Å². The summed E-state index contributed by atoms with van der Waals surface area (Å²) in [5.74, 6) is 1.16. The van der Waals surface area contributed by atoms with Crippen molar-refractivity contribution in [2.75, 3.05) is 36.5 Å². The van der Waals surface area contributed by atoms with Gasteiger partial charge in [-0.15, -0.1) is 11.8 Å². The Morgan fingerprint density at radius 1 is 1.11 bits per heavy atom. The lowest BCUT2D eigenvalue weighted by molar-refractivity contribution is -0.119. The second kappa shape index (κ2) is 10.4. The minimum atomic E-state index is -3.58. The van der Waals surface area contributed by atoms with Gasteiger partial charge in [0, 0.05) is 11.4 Å². The first kappa shape index (κ1) is 22.1. The summed E-state index contributed by atoms with van der Waals surface area (Å²) in [6, 6.07) is 14.9. The third-order valence-corrected chi connectivity index (χ3v) is 6.22. The van der Waals surface area contributed by atoms with Gasteiger partial charge in [0.1, 0.15) is 12.3 Å². The fourth-order valence-electron chi connectivity index (χ4n) is 2.46. The van der Waals surface area contributed by atoms with Gasteiger partial charge < -0.3 is 10.1 Å². The van der Waals surface area contributed by atoms with E-state index in [4.69, 9.17) is 4.74 Å². The molecule has 28 heavy (non-hydrogen) atoms. The Morgan fingerprint density at radius 3 is 2.32 bits per heavy atom. The highest BCUT2D eigenvalue weighted by atomic mass is 32.2. The molecule has 1 N–H and O–H groups in total. The maximum atomic E-state index is 12.2. The van der Waals surface area contributed by atoms with Gasteiger partial charge in [-0.2, -0.15) is 0 Å². The number of rotatable bonds is 10. The van der Waals surface area contributed by atoms with Gasteiger partial charge in [0.25, 0.3) is 0 Å². The summed E-state index contributed by atoms with van der Waals surface area (Å²) in [6.45, 7) is 2.30. The molecule has 0 spiro atoms. The normalized spacial score (nSPS) is 11.1. The first-order chi connectivity index (χ1) is 13.3. The molecule has 8 heteroatoms. The van der Waals surface area contributed by atoms with E-state index in [9.17, 15) is 13.2 Å². The summed E-state index contributed by atoms with van der Waals surface area (Å²) in [6.07, 6.45) is 1.88. The van der Waals surface area contributed by atoms with Crippen molar-refractivity contribution in [2.45, 2.75) is 18.2 Å². The molecule has 0 aliphatic heterocycles. The van der Waals surface area contributed by atoms with Gasteiger partial charge in [0.15, 0.2) is 0 Å². The molecule has 0 radical (unpaired) electrons. The van der Waals surface area contributed by atoms with Crippen LogP contribution in [0.4, 0.5) is 5.69 Å². The fourth-order valence-corrected chi connectivity index (χ4v) is 4.17. The smallest absolute Gasteiger partial charge is 0.240 e. The van der Waals surface area contributed by atoms with E-state index in [0.29, 0.717) is 18.0 Å². The van der Waals surface area contributed by atoms with Crippen molar-refractivity contribution in [2.24, 2.45) is 0 Å². The number of hydrogen-bond acceptors (Lipinski definition) is 5. The van der Waals surface area contributed by atoms with Crippen LogP contribution in [0.15, 0.2) is 53.4 Å². The van der Waals surface area contributed by atoms with E-state index in [-0.39, 0.29) is 12.5 Å². The molecule has 0 aromatic heterocycles. The highest BCUT2D eigenvalue weighted by Crippen LogP contribution is 2.21. The van der Waals surface area contributed by atoms with Crippen LogP contribution in [0, 0.1) is 6.92 Å². The van der Waals surface area contributed by atoms with E-state index in [2.05, 4.69) is 36.5 Å². The summed E-state index contributed by atoms with van der Waals surface area (Å²) in [5.41, 5.74) is 1.65. The third-order valence-electron chi connectivity index (χ3n) is 3.98. The zero-order valence-corrected chi connectivity index (χ0v) is 18.0. The van der Waals surface area contributed by atoms with Crippen molar-refractivity contribution >= 4 is 33.4 Å². The molecule has 0 saturated heterocycles. The van der Waals surface area contributed by atoms with Crippen molar-refractivity contribution in [1.82, 2.24) is 5.32 Å². The second-order valence-electron chi connectivity index (χ2n) is 6.33. The summed E-state index contributed by atoms with van der Waals surface area (Å²) in [7, 11) is -2.04. The number of thioether (sulfide) groups is 1. The van der Waals surface area contributed by atoms with Gasteiger partial charge in [0.2, 0.25) is 15.9 Å². The number of methoxy groups -OCH3 is 1. The summed E-state index contributed by atoms with van der Waals surface area (Å²) < 4.78 is 30.3. The number of ether oxygens (including phenoxy) is 1. The number of nitrogens with zero attached hydrogens (tertiary/aromatic N) is 1. The molecule has 0 heterocycles. The molecule has 0 atom stereocenters. The topological polar surface area (TPSA) is 75.7 Å². The lowest BCUT2D eigenvalue weighted by Crippen LogP contribution is -2.40. The first-order valence-corrected chi connectivity index (χ1v) is 11.7. The van der Waals surface area contributed by atoms with Crippen molar-refractivity contribution in [3.63, 3.8) is 0 Å². The van der Waals surface area contributed by atoms with Gasteiger partial charge >= 0.3 is 0 Å². The maximum Gasteiger partial charge on any atom is 0.240 e. The Balaban J connectivity index is 1.82. The molecule has 0 aliphatic carbocycles. The molecular formula is C20H26N2O4S2. The molecule has 152 valence electrons. The van der Waals surface area contributed by atoms with Crippen LogP contribution in [0.3, 0.4) is 0 Å². The number of benzene rings is 2. The molecule has 6 nitrogen and oxygen atoms in total. The molecule has 0 fully saturated rings. The summed E-state index contributed by atoms with van der Waals surface area (Å²) in [5, 5.41) is 2.79. The van der Waals surface area contributed by atoms with Crippen molar-refractivity contribution in [3.05, 3.63) is 54.1 Å². The van der Waals surface area contributed by atoms with E-state index in [0.717, 1.165) is 22.7 Å². The Kier molecular flexibility index (Phi) is 8.19. The number of aryl methyl sites for hydroxylation is 1. The van der Waals surface area contributed by atoms with Crippen LogP contribution in [0.1, 0.15) is 12.0 Å². The van der Waals surface area contributed by atoms with Crippen molar-refractivity contribution in [1.29, 1.82) is 0 Å². The van der Waals surface area contributed by atoms with E-state index >= 15 is 0 Å². The maximum absolute atomic E-state index is 12.2. The largest absolute Gasteiger partial charge is 0.497 e. The van der Waals surface area contributed by atoms with Gasteiger partial charge in [-0.25, -0.2) is 8.42 Å². The molecule has 2 aromatic carbocycles. The fraction of sp³-hybridized carbons (Fsp3) is 0.350. The van der Waals surface area contributed by atoms with Crippen molar-refractivity contribution in [3.8, 4) is 5.75 Å². The van der Waals surface area contributed by atoms with Crippen LogP contribution in [0.2, 0.25) is 0 Å². The number of sulfonamides is 1. The number of anilines is 1. The third kappa shape index (κ3) is 7.09. The molecule has 0 saturated carbocycles. The zero-order chi connectivity index (χ0) is 20.6. The van der Waals surface area contributed by atoms with E-state index in [1.165, 1.54) is 17.6 Å². The standard InChI is InChI=1S/C20H26N2O4S2/c1-16-5-11-19(12-6-16)27-14-4-13-21-20(23)15-22(28(3,24)25)17-7-9-18(26-2)10-8-17/h5-12H,4,13-15H2,1-3H3,(H,21,23). The number of carbonyl (C=O) groups is 1. The van der Waals surface area contributed by atoms with E-state index < -0.39 is 10.0 Å². The summed E-state index contributed by atoms with van der Waals surface area (Å²) in [4.78, 5) is 13.4. The van der Waals surface area contributed by atoms with Crippen molar-refractivity contribution < 1.29 is 17.9 Å². The molecule has 2 aromatic rings. The second-order valence-corrected chi connectivity index (χ2v) is 9.41. The van der Waals surface area contributed by atoms with E-state index in [1.54, 1.807) is 36.0 Å². The Bertz CT molecular complexity index is 866. The average Bonchev–Trinajstić information content (AvgIpc) is 2.66. The minimum absolute atomic E-state index is 0.254. The number of carbonyl (C=O) groups excluding carboxylic acids is 1. The molecule has 2 rings (SSSR count). The first-order valence-electron chi connectivity index (χ1n) is 8.87. The number of hydrogen-bond donors (Lipinski definition) is 1. The van der Waals surface area contributed by atoms with Gasteiger partial charge in [-0.1, -0.05) is 17.7 Å². The molecule has 0 aliphatic rings. The van der Waals surface area contributed by atoms with Crippen LogP contribution < -0.4 is 14.4 Å². The number of amides is 1. The zero-order valence-electron chi connectivity index (χ0n) is 16.3.